The fourth-order valence-electron chi connectivity index (χ4n) is 3.30. The highest BCUT2D eigenvalue weighted by Gasteiger charge is 2.26. The second kappa shape index (κ2) is 7.60. The van der Waals surface area contributed by atoms with Crippen LogP contribution >= 0.6 is 0 Å². The average molecular weight is 372 g/mol. The number of piperidine rings is 1. The molecule has 0 unspecified atom stereocenters. The van der Waals surface area contributed by atoms with Crippen molar-refractivity contribution in [3.8, 4) is 0 Å². The Bertz CT molecular complexity index is 896. The molecular formula is C20H24N2O3S. The van der Waals surface area contributed by atoms with Gasteiger partial charge in [-0.3, -0.25) is 4.79 Å². The minimum absolute atomic E-state index is 0.220. The van der Waals surface area contributed by atoms with E-state index in [1.54, 1.807) is 18.2 Å². The maximum absolute atomic E-state index is 12.8. The van der Waals surface area contributed by atoms with E-state index in [0.29, 0.717) is 24.3 Å². The standard InChI is InChI=1S/C20H24N2O3S/c1-15-11-16(2)13-17(12-15)20(23)21-18-7-6-8-19(14-18)26(24,25)22-9-4-3-5-10-22/h6-8,11-14H,3-5,9-10H2,1-2H3,(H,21,23). The number of carbonyl (C=O) groups is 1. The summed E-state index contributed by atoms with van der Waals surface area (Å²) in [4.78, 5) is 12.7. The average Bonchev–Trinajstić information content (AvgIpc) is 2.62. The number of aryl methyl sites for hydroxylation is 2. The van der Waals surface area contributed by atoms with Crippen molar-refractivity contribution < 1.29 is 13.2 Å². The van der Waals surface area contributed by atoms with E-state index in [4.69, 9.17) is 0 Å². The lowest BCUT2D eigenvalue weighted by atomic mass is 10.1. The second-order valence-electron chi connectivity index (χ2n) is 6.82. The van der Waals surface area contributed by atoms with Gasteiger partial charge in [-0.1, -0.05) is 29.7 Å². The molecule has 1 fully saturated rings. The number of hydrogen-bond donors (Lipinski definition) is 1. The van der Waals surface area contributed by atoms with Crippen LogP contribution in [0.4, 0.5) is 5.69 Å². The largest absolute Gasteiger partial charge is 0.322 e. The molecule has 2 aromatic rings. The first-order valence-corrected chi connectivity index (χ1v) is 10.3. The van der Waals surface area contributed by atoms with Crippen molar-refractivity contribution in [1.29, 1.82) is 0 Å². The first kappa shape index (κ1) is 18.6. The van der Waals surface area contributed by atoms with Crippen LogP contribution < -0.4 is 5.32 Å². The van der Waals surface area contributed by atoms with Crippen LogP contribution in [0, 0.1) is 13.8 Å². The van der Waals surface area contributed by atoms with Gasteiger partial charge in [0.25, 0.3) is 5.91 Å². The Morgan fingerprint density at radius 2 is 1.62 bits per heavy atom. The van der Waals surface area contributed by atoms with E-state index >= 15 is 0 Å². The molecule has 1 aliphatic rings. The molecule has 6 heteroatoms. The first-order valence-electron chi connectivity index (χ1n) is 8.86. The Hall–Kier alpha value is -2.18. The fourth-order valence-corrected chi connectivity index (χ4v) is 4.86. The van der Waals surface area contributed by atoms with E-state index < -0.39 is 10.0 Å². The van der Waals surface area contributed by atoms with Gasteiger partial charge in [-0.05, 0) is 57.0 Å². The molecule has 1 amide bonds. The van der Waals surface area contributed by atoms with Crippen LogP contribution in [0.2, 0.25) is 0 Å². The lowest BCUT2D eigenvalue weighted by Gasteiger charge is -2.26. The van der Waals surface area contributed by atoms with Crippen LogP contribution in [-0.2, 0) is 10.0 Å². The van der Waals surface area contributed by atoms with Crippen LogP contribution in [0.15, 0.2) is 47.4 Å². The molecule has 1 aliphatic heterocycles. The van der Waals surface area contributed by atoms with Crippen LogP contribution in [0.1, 0.15) is 40.7 Å². The van der Waals surface area contributed by atoms with Crippen LogP contribution in [0.5, 0.6) is 0 Å². The first-order chi connectivity index (χ1) is 12.4. The van der Waals surface area contributed by atoms with Gasteiger partial charge in [-0.15, -0.1) is 0 Å². The molecule has 0 radical (unpaired) electrons. The third-order valence-corrected chi connectivity index (χ3v) is 6.42. The summed E-state index contributed by atoms with van der Waals surface area (Å²) in [5.74, 6) is -0.246. The van der Waals surface area contributed by atoms with E-state index in [2.05, 4.69) is 5.32 Å². The second-order valence-corrected chi connectivity index (χ2v) is 8.76. The number of nitrogens with one attached hydrogen (secondary N) is 1. The van der Waals surface area contributed by atoms with E-state index in [-0.39, 0.29) is 10.8 Å². The fraction of sp³-hybridized carbons (Fsp3) is 0.350. The SMILES string of the molecule is Cc1cc(C)cc(C(=O)Nc2cccc(S(=O)(=O)N3CCCCC3)c2)c1. The molecule has 0 saturated carbocycles. The van der Waals surface area contributed by atoms with Gasteiger partial charge in [0.2, 0.25) is 10.0 Å². The highest BCUT2D eigenvalue weighted by atomic mass is 32.2. The summed E-state index contributed by atoms with van der Waals surface area (Å²) in [6, 6.07) is 12.1. The molecule has 1 heterocycles. The maximum Gasteiger partial charge on any atom is 0.255 e. The number of nitrogens with zero attached hydrogens (tertiary/aromatic N) is 1. The van der Waals surface area contributed by atoms with Crippen LogP contribution in [0.3, 0.4) is 0 Å². The van der Waals surface area contributed by atoms with Crippen molar-refractivity contribution in [2.45, 2.75) is 38.0 Å². The van der Waals surface area contributed by atoms with Crippen molar-refractivity contribution in [2.75, 3.05) is 18.4 Å². The normalized spacial score (nSPS) is 15.6. The lowest BCUT2D eigenvalue weighted by Crippen LogP contribution is -2.35. The van der Waals surface area contributed by atoms with E-state index in [1.807, 2.05) is 32.0 Å². The van der Waals surface area contributed by atoms with Gasteiger partial charge >= 0.3 is 0 Å². The quantitative estimate of drug-likeness (QED) is 0.889. The van der Waals surface area contributed by atoms with Gasteiger partial charge in [0, 0.05) is 24.3 Å². The van der Waals surface area contributed by atoms with Crippen molar-refractivity contribution >= 4 is 21.6 Å². The molecule has 1 N–H and O–H groups in total. The number of sulfonamides is 1. The monoisotopic (exact) mass is 372 g/mol. The number of anilines is 1. The molecule has 26 heavy (non-hydrogen) atoms. The predicted octanol–water partition coefficient (Wildman–Crippen LogP) is 3.73. The van der Waals surface area contributed by atoms with Gasteiger partial charge in [-0.2, -0.15) is 4.31 Å². The number of amides is 1. The molecule has 0 bridgehead atoms. The highest BCUT2D eigenvalue weighted by Crippen LogP contribution is 2.23. The summed E-state index contributed by atoms with van der Waals surface area (Å²) in [7, 11) is -3.52. The van der Waals surface area contributed by atoms with E-state index in [1.165, 1.54) is 10.4 Å². The zero-order chi connectivity index (χ0) is 18.7. The van der Waals surface area contributed by atoms with Gasteiger partial charge < -0.3 is 5.32 Å². The number of carbonyl (C=O) groups excluding carboxylic acids is 1. The summed E-state index contributed by atoms with van der Waals surface area (Å²) >= 11 is 0. The third kappa shape index (κ3) is 4.14. The van der Waals surface area contributed by atoms with Crippen LogP contribution in [-0.4, -0.2) is 31.7 Å². The molecule has 1 saturated heterocycles. The van der Waals surface area contributed by atoms with E-state index in [9.17, 15) is 13.2 Å². The van der Waals surface area contributed by atoms with E-state index in [0.717, 1.165) is 30.4 Å². The zero-order valence-corrected chi connectivity index (χ0v) is 16.0. The van der Waals surface area contributed by atoms with Gasteiger partial charge in [0.05, 0.1) is 4.90 Å². The summed E-state index contributed by atoms with van der Waals surface area (Å²) in [5.41, 5.74) is 3.06. The summed E-state index contributed by atoms with van der Waals surface area (Å²) < 4.78 is 27.1. The summed E-state index contributed by atoms with van der Waals surface area (Å²) in [5, 5.41) is 2.81. The van der Waals surface area contributed by atoms with Crippen molar-refractivity contribution in [2.24, 2.45) is 0 Å². The minimum Gasteiger partial charge on any atom is -0.322 e. The zero-order valence-electron chi connectivity index (χ0n) is 15.2. The van der Waals surface area contributed by atoms with Crippen LogP contribution in [0.25, 0.3) is 0 Å². The minimum atomic E-state index is -3.52. The molecular weight excluding hydrogens is 348 g/mol. The molecule has 3 rings (SSSR count). The third-order valence-electron chi connectivity index (χ3n) is 4.53. The Kier molecular flexibility index (Phi) is 5.44. The Balaban J connectivity index is 1.82. The van der Waals surface area contributed by atoms with Gasteiger partial charge in [0.1, 0.15) is 0 Å². The topological polar surface area (TPSA) is 66.5 Å². The molecule has 0 aliphatic carbocycles. The molecule has 0 atom stereocenters. The summed E-state index contributed by atoms with van der Waals surface area (Å²) in [6.07, 6.45) is 2.85. The van der Waals surface area contributed by atoms with Crippen molar-refractivity contribution in [1.82, 2.24) is 4.31 Å². The Morgan fingerprint density at radius 1 is 0.962 bits per heavy atom. The lowest BCUT2D eigenvalue weighted by molar-refractivity contribution is 0.102. The molecule has 138 valence electrons. The van der Waals surface area contributed by atoms with Crippen molar-refractivity contribution in [3.05, 3.63) is 59.2 Å². The Labute approximate surface area is 155 Å². The number of rotatable bonds is 4. The highest BCUT2D eigenvalue weighted by molar-refractivity contribution is 7.89. The maximum atomic E-state index is 12.8. The molecule has 0 aromatic heterocycles. The molecule has 5 nitrogen and oxygen atoms in total. The van der Waals surface area contributed by atoms with Gasteiger partial charge in [-0.25, -0.2) is 8.42 Å². The summed E-state index contributed by atoms with van der Waals surface area (Å²) in [6.45, 7) is 4.99. The van der Waals surface area contributed by atoms with Crippen molar-refractivity contribution in [3.63, 3.8) is 0 Å². The Morgan fingerprint density at radius 3 is 2.27 bits per heavy atom. The number of hydrogen-bond acceptors (Lipinski definition) is 3. The molecule has 2 aromatic carbocycles. The van der Waals surface area contributed by atoms with Gasteiger partial charge in [0.15, 0.2) is 0 Å². The predicted molar refractivity (Wildman–Crippen MR) is 103 cm³/mol. The number of benzene rings is 2. The molecule has 0 spiro atoms. The smallest absolute Gasteiger partial charge is 0.255 e.